The molecule has 8 nitrogen and oxygen atoms in total. The largest absolute Gasteiger partial charge is 0.416 e. The van der Waals surface area contributed by atoms with Crippen LogP contribution in [0.1, 0.15) is 34.3 Å². The highest BCUT2D eigenvalue weighted by atomic mass is 32.2. The highest BCUT2D eigenvalue weighted by Crippen LogP contribution is 2.34. The van der Waals surface area contributed by atoms with Gasteiger partial charge >= 0.3 is 6.03 Å². The summed E-state index contributed by atoms with van der Waals surface area (Å²) in [5, 5.41) is 15.4. The number of hydrogen-bond donors (Lipinski definition) is 2. The lowest BCUT2D eigenvalue weighted by atomic mass is 10.1. The molecule has 0 bridgehead atoms. The molecule has 1 atom stereocenters. The third-order valence-electron chi connectivity index (χ3n) is 3.58. The van der Waals surface area contributed by atoms with Crippen LogP contribution < -0.4 is 10.6 Å². The molecule has 2 heterocycles. The topological polar surface area (TPSA) is 110 Å². The van der Waals surface area contributed by atoms with Crippen molar-refractivity contribution >= 4 is 35.0 Å². The molecule has 10 heteroatoms. The lowest BCUT2D eigenvalue weighted by molar-refractivity contribution is -0.119. The van der Waals surface area contributed by atoms with Gasteiger partial charge in [0.15, 0.2) is 0 Å². The Labute approximate surface area is 170 Å². The van der Waals surface area contributed by atoms with E-state index in [0.717, 1.165) is 28.0 Å². The van der Waals surface area contributed by atoms with E-state index in [1.165, 1.54) is 0 Å². The van der Waals surface area contributed by atoms with E-state index in [-0.39, 0.29) is 5.22 Å². The molecule has 0 aliphatic rings. The average molecular weight is 418 g/mol. The van der Waals surface area contributed by atoms with Gasteiger partial charge in [-0.15, -0.1) is 21.5 Å². The number of thiazole rings is 1. The molecule has 28 heavy (non-hydrogen) atoms. The fraction of sp³-hybridized carbons (Fsp3) is 0.278. The number of thioether (sulfide) groups is 1. The first-order chi connectivity index (χ1) is 13.5. The number of urea groups is 1. The quantitative estimate of drug-likeness (QED) is 0.568. The van der Waals surface area contributed by atoms with E-state index in [9.17, 15) is 9.59 Å². The summed E-state index contributed by atoms with van der Waals surface area (Å²) in [4.78, 5) is 28.8. The maximum atomic E-state index is 12.6. The van der Waals surface area contributed by atoms with Gasteiger partial charge in [-0.25, -0.2) is 9.78 Å². The fourth-order valence-corrected chi connectivity index (χ4v) is 3.89. The number of nitrogens with zero attached hydrogens (tertiary/aromatic N) is 3. The van der Waals surface area contributed by atoms with Crippen molar-refractivity contribution in [3.8, 4) is 0 Å². The van der Waals surface area contributed by atoms with E-state index in [4.69, 9.17) is 4.42 Å². The second kappa shape index (κ2) is 9.47. The van der Waals surface area contributed by atoms with E-state index < -0.39 is 17.2 Å². The van der Waals surface area contributed by atoms with Gasteiger partial charge in [-0.3, -0.25) is 10.1 Å². The average Bonchev–Trinajstić information content (AvgIpc) is 3.29. The number of imide groups is 1. The minimum atomic E-state index is -0.710. The van der Waals surface area contributed by atoms with Crippen molar-refractivity contribution in [1.29, 1.82) is 0 Å². The maximum Gasteiger partial charge on any atom is 0.321 e. The minimum Gasteiger partial charge on any atom is -0.416 e. The molecule has 0 saturated carbocycles. The van der Waals surface area contributed by atoms with Crippen LogP contribution in [0.2, 0.25) is 0 Å². The van der Waals surface area contributed by atoms with Gasteiger partial charge in [-0.2, -0.15) is 0 Å². The molecule has 0 radical (unpaired) electrons. The molecule has 2 aromatic heterocycles. The van der Waals surface area contributed by atoms with Gasteiger partial charge in [0.1, 0.15) is 5.25 Å². The van der Waals surface area contributed by atoms with Crippen LogP contribution in [0.15, 0.2) is 45.4 Å². The van der Waals surface area contributed by atoms with Crippen molar-refractivity contribution in [2.24, 2.45) is 0 Å². The second-order valence-corrected chi connectivity index (χ2v) is 7.87. The minimum absolute atomic E-state index is 0.252. The third-order valence-corrected chi connectivity index (χ3v) is 5.49. The predicted octanol–water partition coefficient (Wildman–Crippen LogP) is 3.10. The number of carbonyl (C=O) groups is 2. The Morgan fingerprint density at radius 1 is 1.25 bits per heavy atom. The molecule has 3 rings (SSSR count). The molecule has 0 aliphatic carbocycles. The van der Waals surface area contributed by atoms with Gasteiger partial charge in [0.25, 0.3) is 5.22 Å². The maximum absolute atomic E-state index is 12.6. The van der Waals surface area contributed by atoms with E-state index in [1.54, 1.807) is 18.3 Å². The first-order valence-corrected chi connectivity index (χ1v) is 10.3. The normalized spacial score (nSPS) is 11.8. The number of aromatic nitrogens is 3. The Kier molecular flexibility index (Phi) is 6.77. The summed E-state index contributed by atoms with van der Waals surface area (Å²) in [5.41, 5.74) is 1.58. The molecular weight excluding hydrogens is 398 g/mol. The number of aryl methyl sites for hydroxylation is 1. The van der Waals surface area contributed by atoms with Crippen LogP contribution in [-0.2, 0) is 11.2 Å². The number of carbonyl (C=O) groups excluding carboxylic acids is 2. The van der Waals surface area contributed by atoms with E-state index in [1.807, 2.05) is 42.6 Å². The zero-order valence-corrected chi connectivity index (χ0v) is 17.0. The molecule has 0 saturated heterocycles. The summed E-state index contributed by atoms with van der Waals surface area (Å²) in [6.45, 7) is 4.13. The highest BCUT2D eigenvalue weighted by Gasteiger charge is 2.26. The van der Waals surface area contributed by atoms with Crippen LogP contribution in [0.4, 0.5) is 4.79 Å². The monoisotopic (exact) mass is 417 g/mol. The Morgan fingerprint density at radius 2 is 2.04 bits per heavy atom. The van der Waals surface area contributed by atoms with Crippen LogP contribution in [0.5, 0.6) is 0 Å². The van der Waals surface area contributed by atoms with Crippen molar-refractivity contribution in [2.45, 2.75) is 30.7 Å². The van der Waals surface area contributed by atoms with Crippen molar-refractivity contribution in [3.05, 3.63) is 57.9 Å². The molecule has 146 valence electrons. The van der Waals surface area contributed by atoms with E-state index in [0.29, 0.717) is 18.9 Å². The van der Waals surface area contributed by atoms with Gasteiger partial charge in [0.05, 0.1) is 17.1 Å². The number of amides is 3. The van der Waals surface area contributed by atoms with Gasteiger partial charge in [0.2, 0.25) is 11.8 Å². The first-order valence-electron chi connectivity index (χ1n) is 8.59. The molecule has 0 aliphatic heterocycles. The lowest BCUT2D eigenvalue weighted by Crippen LogP contribution is -2.41. The Bertz CT molecular complexity index is 942. The van der Waals surface area contributed by atoms with Crippen molar-refractivity contribution in [1.82, 2.24) is 25.8 Å². The highest BCUT2D eigenvalue weighted by molar-refractivity contribution is 8.00. The van der Waals surface area contributed by atoms with Crippen LogP contribution in [0, 0.1) is 6.92 Å². The van der Waals surface area contributed by atoms with Crippen molar-refractivity contribution in [2.75, 3.05) is 6.54 Å². The van der Waals surface area contributed by atoms with Crippen molar-refractivity contribution in [3.63, 3.8) is 0 Å². The van der Waals surface area contributed by atoms with Gasteiger partial charge < -0.3 is 9.73 Å². The molecular formula is C18H19N5O3S2. The smallest absolute Gasteiger partial charge is 0.321 e. The molecule has 3 aromatic rings. The lowest BCUT2D eigenvalue weighted by Gasteiger charge is -2.14. The van der Waals surface area contributed by atoms with Crippen molar-refractivity contribution < 1.29 is 14.0 Å². The zero-order chi connectivity index (χ0) is 19.9. The molecule has 1 aromatic carbocycles. The van der Waals surface area contributed by atoms with E-state index in [2.05, 4.69) is 25.8 Å². The van der Waals surface area contributed by atoms with Gasteiger partial charge in [-0.1, -0.05) is 30.3 Å². The number of benzene rings is 1. The third kappa shape index (κ3) is 5.40. The SMILES string of the molecule is CCNC(=O)NC(=O)[C@H](Sc1nnc(Cc2csc(C)n2)o1)c1ccccc1. The van der Waals surface area contributed by atoms with Gasteiger partial charge in [-0.05, 0) is 31.2 Å². The summed E-state index contributed by atoms with van der Waals surface area (Å²) >= 11 is 2.65. The molecule has 0 unspecified atom stereocenters. The fourth-order valence-electron chi connectivity index (χ4n) is 2.39. The molecule has 0 spiro atoms. The van der Waals surface area contributed by atoms with Crippen LogP contribution in [-0.4, -0.2) is 33.7 Å². The van der Waals surface area contributed by atoms with Crippen LogP contribution in [0.25, 0.3) is 0 Å². The summed E-state index contributed by atoms with van der Waals surface area (Å²) in [7, 11) is 0. The van der Waals surface area contributed by atoms with E-state index >= 15 is 0 Å². The van der Waals surface area contributed by atoms with Crippen LogP contribution >= 0.6 is 23.1 Å². The van der Waals surface area contributed by atoms with Gasteiger partial charge in [0, 0.05) is 11.9 Å². The number of rotatable bonds is 7. The molecule has 2 N–H and O–H groups in total. The Balaban J connectivity index is 1.74. The zero-order valence-electron chi connectivity index (χ0n) is 15.3. The number of nitrogens with one attached hydrogen (secondary N) is 2. The van der Waals surface area contributed by atoms with Crippen LogP contribution in [0.3, 0.4) is 0 Å². The Hall–Kier alpha value is -2.72. The predicted molar refractivity (Wildman–Crippen MR) is 106 cm³/mol. The summed E-state index contributed by atoms with van der Waals surface area (Å²) < 4.78 is 5.68. The molecule has 3 amide bonds. The first kappa shape index (κ1) is 20.0. The molecule has 0 fully saturated rings. The summed E-state index contributed by atoms with van der Waals surface area (Å²) in [6.07, 6.45) is 0.430. The Morgan fingerprint density at radius 3 is 2.71 bits per heavy atom. The summed E-state index contributed by atoms with van der Waals surface area (Å²) in [6, 6.07) is 8.58. The number of hydrogen-bond acceptors (Lipinski definition) is 8. The second-order valence-electron chi connectivity index (χ2n) is 5.75. The standard InChI is InChI=1S/C18H19N5O3S2/c1-3-19-17(25)21-16(24)15(12-7-5-4-6-8-12)28-18-23-22-14(26-18)9-13-10-27-11(2)20-13/h4-8,10,15H,3,9H2,1-2H3,(H2,19,21,24,25)/t15-/m1/s1. The summed E-state index contributed by atoms with van der Waals surface area (Å²) in [5.74, 6) is -0.0410.